The summed E-state index contributed by atoms with van der Waals surface area (Å²) in [5, 5.41) is 11.8. The summed E-state index contributed by atoms with van der Waals surface area (Å²) in [5.74, 6) is -1.36. The van der Waals surface area contributed by atoms with Crippen molar-refractivity contribution in [2.24, 2.45) is 11.3 Å². The van der Waals surface area contributed by atoms with Crippen LogP contribution in [0.5, 0.6) is 0 Å². The van der Waals surface area contributed by atoms with Crippen LogP contribution < -0.4 is 5.32 Å². The first-order valence-corrected chi connectivity index (χ1v) is 6.45. The first-order valence-electron chi connectivity index (χ1n) is 6.45. The Morgan fingerprint density at radius 2 is 2.05 bits per heavy atom. The van der Waals surface area contributed by atoms with Crippen molar-refractivity contribution in [3.8, 4) is 0 Å². The number of nitrogens with one attached hydrogen (secondary N) is 1. The predicted molar refractivity (Wildman–Crippen MR) is 73.0 cm³/mol. The molecular weight excluding hydrogens is 242 g/mol. The van der Waals surface area contributed by atoms with E-state index in [1.54, 1.807) is 31.2 Å². The molecular formula is C15H19NO3. The van der Waals surface area contributed by atoms with Gasteiger partial charge in [0, 0.05) is 11.6 Å². The molecule has 1 aliphatic rings. The quantitative estimate of drug-likeness (QED) is 0.875. The average Bonchev–Trinajstić information content (AvgIpc) is 2.98. The molecule has 1 unspecified atom stereocenters. The van der Waals surface area contributed by atoms with Gasteiger partial charge in [-0.2, -0.15) is 0 Å². The zero-order valence-electron chi connectivity index (χ0n) is 11.4. The van der Waals surface area contributed by atoms with Gasteiger partial charge in [-0.25, -0.2) is 0 Å². The first-order chi connectivity index (χ1) is 8.81. The van der Waals surface area contributed by atoms with Crippen molar-refractivity contribution in [1.82, 2.24) is 0 Å². The summed E-state index contributed by atoms with van der Waals surface area (Å²) in [6.45, 7) is 5.77. The fraction of sp³-hybridized carbons (Fsp3) is 0.467. The third-order valence-electron chi connectivity index (χ3n) is 3.85. The summed E-state index contributed by atoms with van der Waals surface area (Å²) < 4.78 is 0. The molecule has 19 heavy (non-hydrogen) atoms. The SMILES string of the molecule is CC(C(=O)O)c1cccc(NC(=O)[C@H]2CC2(C)C)c1. The molecule has 1 aromatic carbocycles. The fourth-order valence-corrected chi connectivity index (χ4v) is 2.17. The Balaban J connectivity index is 2.07. The molecule has 0 bridgehead atoms. The second-order valence-corrected chi connectivity index (χ2v) is 5.92. The molecule has 0 radical (unpaired) electrons. The second-order valence-electron chi connectivity index (χ2n) is 5.92. The van der Waals surface area contributed by atoms with Crippen LogP contribution >= 0.6 is 0 Å². The number of carbonyl (C=O) groups is 2. The lowest BCUT2D eigenvalue weighted by Gasteiger charge is -2.10. The Kier molecular flexibility index (Phi) is 3.35. The molecule has 1 amide bonds. The number of carbonyl (C=O) groups excluding carboxylic acids is 1. The standard InChI is InChI=1S/C15H19NO3/c1-9(14(18)19)10-5-4-6-11(7-10)16-13(17)12-8-15(12,2)3/h4-7,9,12H,8H2,1-3H3,(H,16,17)(H,18,19)/t9?,12-/m1/s1. The van der Waals surface area contributed by atoms with Crippen molar-refractivity contribution < 1.29 is 14.7 Å². The number of anilines is 1. The van der Waals surface area contributed by atoms with Crippen LogP contribution in [0.25, 0.3) is 0 Å². The smallest absolute Gasteiger partial charge is 0.310 e. The number of amides is 1. The molecule has 1 aliphatic carbocycles. The molecule has 2 rings (SSSR count). The number of benzene rings is 1. The highest BCUT2D eigenvalue weighted by Crippen LogP contribution is 2.51. The lowest BCUT2D eigenvalue weighted by atomic mass is 10.0. The summed E-state index contributed by atoms with van der Waals surface area (Å²) in [4.78, 5) is 22.9. The van der Waals surface area contributed by atoms with E-state index in [1.807, 2.05) is 0 Å². The Labute approximate surface area is 112 Å². The van der Waals surface area contributed by atoms with E-state index >= 15 is 0 Å². The van der Waals surface area contributed by atoms with Gasteiger partial charge in [-0.15, -0.1) is 0 Å². The lowest BCUT2D eigenvalue weighted by Crippen LogP contribution is -2.17. The molecule has 1 fully saturated rings. The monoisotopic (exact) mass is 261 g/mol. The van der Waals surface area contributed by atoms with E-state index in [9.17, 15) is 9.59 Å². The Morgan fingerprint density at radius 1 is 1.42 bits per heavy atom. The Hall–Kier alpha value is -1.84. The van der Waals surface area contributed by atoms with Crippen molar-refractivity contribution in [2.45, 2.75) is 33.1 Å². The van der Waals surface area contributed by atoms with E-state index in [0.717, 1.165) is 6.42 Å². The minimum absolute atomic E-state index is 0.0186. The molecule has 2 N–H and O–H groups in total. The third-order valence-corrected chi connectivity index (χ3v) is 3.85. The molecule has 1 aromatic rings. The van der Waals surface area contributed by atoms with Gasteiger partial charge in [0.05, 0.1) is 5.92 Å². The van der Waals surface area contributed by atoms with Gasteiger partial charge < -0.3 is 10.4 Å². The Bertz CT molecular complexity index is 522. The van der Waals surface area contributed by atoms with Crippen molar-refractivity contribution >= 4 is 17.6 Å². The van der Waals surface area contributed by atoms with Crippen LogP contribution in [0.15, 0.2) is 24.3 Å². The summed E-state index contributed by atoms with van der Waals surface area (Å²) in [6.07, 6.45) is 0.907. The van der Waals surface area contributed by atoms with E-state index < -0.39 is 11.9 Å². The predicted octanol–water partition coefficient (Wildman–Crippen LogP) is 2.86. The molecule has 0 heterocycles. The van der Waals surface area contributed by atoms with Crippen molar-refractivity contribution in [3.63, 3.8) is 0 Å². The van der Waals surface area contributed by atoms with E-state index in [4.69, 9.17) is 5.11 Å². The fourth-order valence-electron chi connectivity index (χ4n) is 2.17. The number of aliphatic carboxylic acids is 1. The van der Waals surface area contributed by atoms with Crippen molar-refractivity contribution in [3.05, 3.63) is 29.8 Å². The van der Waals surface area contributed by atoms with Crippen LogP contribution in [0.1, 0.15) is 38.7 Å². The molecule has 102 valence electrons. The molecule has 0 saturated heterocycles. The highest BCUT2D eigenvalue weighted by Gasteiger charge is 2.50. The number of rotatable bonds is 4. The topological polar surface area (TPSA) is 66.4 Å². The van der Waals surface area contributed by atoms with Crippen LogP contribution in [0, 0.1) is 11.3 Å². The summed E-state index contributed by atoms with van der Waals surface area (Å²) in [6, 6.07) is 7.04. The molecule has 4 heteroatoms. The second kappa shape index (κ2) is 4.68. The highest BCUT2D eigenvalue weighted by molar-refractivity contribution is 5.95. The molecule has 0 spiro atoms. The van der Waals surface area contributed by atoms with Crippen molar-refractivity contribution in [2.75, 3.05) is 5.32 Å². The molecule has 0 aromatic heterocycles. The van der Waals surface area contributed by atoms with E-state index in [-0.39, 0.29) is 17.2 Å². The third kappa shape index (κ3) is 2.95. The van der Waals surface area contributed by atoms with Gasteiger partial charge >= 0.3 is 5.97 Å². The van der Waals surface area contributed by atoms with Gasteiger partial charge in [-0.05, 0) is 36.5 Å². The lowest BCUT2D eigenvalue weighted by molar-refractivity contribution is -0.138. The van der Waals surface area contributed by atoms with Crippen LogP contribution in [0.3, 0.4) is 0 Å². The highest BCUT2D eigenvalue weighted by atomic mass is 16.4. The maximum atomic E-state index is 12.0. The largest absolute Gasteiger partial charge is 0.481 e. The number of hydrogen-bond acceptors (Lipinski definition) is 2. The zero-order valence-corrected chi connectivity index (χ0v) is 11.4. The van der Waals surface area contributed by atoms with Gasteiger partial charge in [0.2, 0.25) is 5.91 Å². The van der Waals surface area contributed by atoms with Gasteiger partial charge in [0.15, 0.2) is 0 Å². The minimum Gasteiger partial charge on any atom is -0.481 e. The molecule has 2 atom stereocenters. The van der Waals surface area contributed by atoms with Gasteiger partial charge in [-0.1, -0.05) is 26.0 Å². The van der Waals surface area contributed by atoms with Crippen molar-refractivity contribution in [1.29, 1.82) is 0 Å². The summed E-state index contributed by atoms with van der Waals surface area (Å²) in [7, 11) is 0. The summed E-state index contributed by atoms with van der Waals surface area (Å²) in [5.41, 5.74) is 1.45. The van der Waals surface area contributed by atoms with Crippen LogP contribution in [0.2, 0.25) is 0 Å². The number of hydrogen-bond donors (Lipinski definition) is 2. The normalized spacial score (nSPS) is 21.5. The maximum absolute atomic E-state index is 12.0. The maximum Gasteiger partial charge on any atom is 0.310 e. The van der Waals surface area contributed by atoms with Gasteiger partial charge in [-0.3, -0.25) is 9.59 Å². The van der Waals surface area contributed by atoms with E-state index in [0.29, 0.717) is 11.3 Å². The molecule has 4 nitrogen and oxygen atoms in total. The van der Waals surface area contributed by atoms with Crippen LogP contribution in [-0.4, -0.2) is 17.0 Å². The zero-order chi connectivity index (χ0) is 14.2. The minimum atomic E-state index is -0.869. The van der Waals surface area contributed by atoms with Gasteiger partial charge in [0.1, 0.15) is 0 Å². The van der Waals surface area contributed by atoms with E-state index in [1.165, 1.54) is 0 Å². The molecule has 0 aliphatic heterocycles. The number of carboxylic acids is 1. The molecule has 1 saturated carbocycles. The average molecular weight is 261 g/mol. The summed E-state index contributed by atoms with van der Waals surface area (Å²) >= 11 is 0. The first kappa shape index (κ1) is 13.6. The Morgan fingerprint density at radius 3 is 2.58 bits per heavy atom. The van der Waals surface area contributed by atoms with Crippen LogP contribution in [-0.2, 0) is 9.59 Å². The van der Waals surface area contributed by atoms with Gasteiger partial charge in [0.25, 0.3) is 0 Å². The van der Waals surface area contributed by atoms with E-state index in [2.05, 4.69) is 19.2 Å². The van der Waals surface area contributed by atoms with Crippen LogP contribution in [0.4, 0.5) is 5.69 Å². The number of carboxylic acid groups (broad SMARTS) is 1.